The van der Waals surface area contributed by atoms with Crippen LogP contribution in [0.2, 0.25) is 0 Å². The Kier molecular flexibility index (Phi) is 3.93. The number of unbranched alkanes of at least 4 members (excludes halogenated alkanes) is 1. The lowest BCUT2D eigenvalue weighted by molar-refractivity contribution is -0.121. The quantitative estimate of drug-likeness (QED) is 0.513. The number of nitrogens with one attached hydrogen (secondary N) is 1. The normalized spacial score (nSPS) is 17.2. The zero-order valence-corrected chi connectivity index (χ0v) is 8.47. The average molecular weight is 182 g/mol. The molecule has 1 aliphatic carbocycles. The first kappa shape index (κ1) is 10.2. The summed E-state index contributed by atoms with van der Waals surface area (Å²) in [5.41, 5.74) is 3.66. The van der Waals surface area contributed by atoms with Gasteiger partial charge in [-0.3, -0.25) is 4.79 Å². The van der Waals surface area contributed by atoms with Crippen LogP contribution in [0.15, 0.2) is 5.10 Å². The minimum atomic E-state index is 0.0434. The molecule has 1 rings (SSSR count). The van der Waals surface area contributed by atoms with Gasteiger partial charge in [0.05, 0.1) is 0 Å². The zero-order valence-electron chi connectivity index (χ0n) is 8.47. The van der Waals surface area contributed by atoms with Crippen molar-refractivity contribution in [3.05, 3.63) is 0 Å². The second-order valence-corrected chi connectivity index (χ2v) is 3.67. The van der Waals surface area contributed by atoms with Crippen LogP contribution < -0.4 is 5.43 Å². The van der Waals surface area contributed by atoms with Gasteiger partial charge < -0.3 is 0 Å². The molecule has 1 fully saturated rings. The Labute approximate surface area is 79.6 Å². The van der Waals surface area contributed by atoms with Gasteiger partial charge in [-0.1, -0.05) is 13.3 Å². The van der Waals surface area contributed by atoms with E-state index < -0.39 is 0 Å². The smallest absolute Gasteiger partial charge is 0.240 e. The maximum Gasteiger partial charge on any atom is 0.240 e. The van der Waals surface area contributed by atoms with Crippen molar-refractivity contribution >= 4 is 11.6 Å². The van der Waals surface area contributed by atoms with E-state index in [1.165, 1.54) is 12.8 Å². The van der Waals surface area contributed by atoms with Gasteiger partial charge in [0.2, 0.25) is 5.91 Å². The highest BCUT2D eigenvalue weighted by atomic mass is 16.2. The summed E-state index contributed by atoms with van der Waals surface area (Å²) in [5, 5.41) is 4.06. The fourth-order valence-electron chi connectivity index (χ4n) is 1.14. The molecule has 0 aromatic carbocycles. The number of hydrogen-bond acceptors (Lipinski definition) is 2. The molecule has 0 unspecified atom stereocenters. The lowest BCUT2D eigenvalue weighted by atomic mass is 10.2. The van der Waals surface area contributed by atoms with Crippen LogP contribution >= 0.6 is 0 Å². The van der Waals surface area contributed by atoms with Crippen LogP contribution in [0.25, 0.3) is 0 Å². The molecule has 0 bridgehead atoms. The molecular formula is C10H18N2O. The molecule has 0 spiro atoms. The van der Waals surface area contributed by atoms with Gasteiger partial charge >= 0.3 is 0 Å². The molecule has 0 atom stereocenters. The average Bonchev–Trinajstić information content (AvgIpc) is 2.93. The van der Waals surface area contributed by atoms with Crippen molar-refractivity contribution in [1.82, 2.24) is 5.43 Å². The summed E-state index contributed by atoms with van der Waals surface area (Å²) >= 11 is 0. The molecule has 1 amide bonds. The van der Waals surface area contributed by atoms with Gasteiger partial charge in [0.15, 0.2) is 0 Å². The molecule has 1 saturated carbocycles. The van der Waals surface area contributed by atoms with E-state index in [1.54, 1.807) is 0 Å². The molecule has 74 valence electrons. The molecule has 0 saturated heterocycles. The van der Waals surface area contributed by atoms with E-state index in [0.29, 0.717) is 12.3 Å². The zero-order chi connectivity index (χ0) is 9.68. The van der Waals surface area contributed by atoms with E-state index in [1.807, 2.05) is 6.92 Å². The summed E-state index contributed by atoms with van der Waals surface area (Å²) in [6, 6.07) is 0. The highest BCUT2D eigenvalue weighted by Gasteiger charge is 2.24. The van der Waals surface area contributed by atoms with Crippen molar-refractivity contribution in [2.24, 2.45) is 11.0 Å². The molecular weight excluding hydrogens is 164 g/mol. The first-order chi connectivity index (χ1) is 6.24. The summed E-state index contributed by atoms with van der Waals surface area (Å²) in [7, 11) is 0. The largest absolute Gasteiger partial charge is 0.273 e. The number of hydrazone groups is 1. The van der Waals surface area contributed by atoms with Crippen LogP contribution in [0.3, 0.4) is 0 Å². The molecule has 1 N–H and O–H groups in total. The highest BCUT2D eigenvalue weighted by molar-refractivity contribution is 5.87. The third-order valence-corrected chi connectivity index (χ3v) is 2.28. The Bertz CT molecular complexity index is 207. The summed E-state index contributed by atoms with van der Waals surface area (Å²) in [6.45, 7) is 4.06. The van der Waals surface area contributed by atoms with Gasteiger partial charge in [-0.25, -0.2) is 5.43 Å². The monoisotopic (exact) mass is 182 g/mol. The summed E-state index contributed by atoms with van der Waals surface area (Å²) in [5.74, 6) is 0.688. The van der Waals surface area contributed by atoms with Gasteiger partial charge in [0, 0.05) is 12.1 Å². The van der Waals surface area contributed by atoms with E-state index in [0.717, 1.165) is 18.6 Å². The number of rotatable bonds is 5. The topological polar surface area (TPSA) is 41.5 Å². The van der Waals surface area contributed by atoms with Gasteiger partial charge in [0.25, 0.3) is 0 Å². The SMILES string of the molecule is CCCCC(=O)N/N=C(\C)C1CC1. The molecule has 0 aliphatic heterocycles. The van der Waals surface area contributed by atoms with E-state index in [4.69, 9.17) is 0 Å². The third kappa shape index (κ3) is 4.06. The van der Waals surface area contributed by atoms with Crippen LogP contribution in [-0.4, -0.2) is 11.6 Å². The van der Waals surface area contributed by atoms with E-state index >= 15 is 0 Å². The Morgan fingerprint density at radius 3 is 2.77 bits per heavy atom. The third-order valence-electron chi connectivity index (χ3n) is 2.28. The van der Waals surface area contributed by atoms with Crippen LogP contribution in [0.4, 0.5) is 0 Å². The number of amides is 1. The summed E-state index contributed by atoms with van der Waals surface area (Å²) in [4.78, 5) is 11.1. The molecule has 3 nitrogen and oxygen atoms in total. The number of carbonyl (C=O) groups is 1. The molecule has 0 aromatic heterocycles. The second-order valence-electron chi connectivity index (χ2n) is 3.67. The maximum absolute atomic E-state index is 11.1. The van der Waals surface area contributed by atoms with Crippen LogP contribution in [-0.2, 0) is 4.79 Å². The molecule has 0 radical (unpaired) electrons. The van der Waals surface area contributed by atoms with Crippen molar-refractivity contribution in [3.63, 3.8) is 0 Å². The van der Waals surface area contributed by atoms with Crippen LogP contribution in [0.5, 0.6) is 0 Å². The second kappa shape index (κ2) is 5.00. The van der Waals surface area contributed by atoms with Gasteiger partial charge in [0.1, 0.15) is 0 Å². The van der Waals surface area contributed by atoms with Gasteiger partial charge in [-0.05, 0) is 32.1 Å². The van der Waals surface area contributed by atoms with Crippen molar-refractivity contribution < 1.29 is 4.79 Å². The minimum Gasteiger partial charge on any atom is -0.273 e. The molecule has 0 aromatic rings. The van der Waals surface area contributed by atoms with E-state index in [2.05, 4.69) is 17.5 Å². The lowest BCUT2D eigenvalue weighted by Gasteiger charge is -1.99. The molecule has 1 aliphatic rings. The highest BCUT2D eigenvalue weighted by Crippen LogP contribution is 2.30. The number of carbonyl (C=O) groups excluding carboxylic acids is 1. The van der Waals surface area contributed by atoms with Crippen molar-refractivity contribution in [2.45, 2.75) is 46.0 Å². The van der Waals surface area contributed by atoms with E-state index in [-0.39, 0.29) is 5.91 Å². The molecule has 0 heterocycles. The summed E-state index contributed by atoms with van der Waals surface area (Å²) in [6.07, 6.45) is 5.07. The van der Waals surface area contributed by atoms with Crippen molar-refractivity contribution in [1.29, 1.82) is 0 Å². The van der Waals surface area contributed by atoms with Crippen molar-refractivity contribution in [3.8, 4) is 0 Å². The minimum absolute atomic E-state index is 0.0434. The van der Waals surface area contributed by atoms with Gasteiger partial charge in [-0.15, -0.1) is 0 Å². The molecule has 3 heteroatoms. The predicted octanol–water partition coefficient (Wildman–Crippen LogP) is 2.08. The number of hydrogen-bond donors (Lipinski definition) is 1. The van der Waals surface area contributed by atoms with Crippen LogP contribution in [0.1, 0.15) is 46.0 Å². The Morgan fingerprint density at radius 2 is 2.23 bits per heavy atom. The number of nitrogens with zero attached hydrogens (tertiary/aromatic N) is 1. The maximum atomic E-state index is 11.1. The van der Waals surface area contributed by atoms with Crippen LogP contribution in [0, 0.1) is 5.92 Å². The first-order valence-electron chi connectivity index (χ1n) is 5.07. The van der Waals surface area contributed by atoms with Gasteiger partial charge in [-0.2, -0.15) is 5.10 Å². The first-order valence-corrected chi connectivity index (χ1v) is 5.07. The Morgan fingerprint density at radius 1 is 1.54 bits per heavy atom. The van der Waals surface area contributed by atoms with Crippen molar-refractivity contribution in [2.75, 3.05) is 0 Å². The predicted molar refractivity (Wildman–Crippen MR) is 53.5 cm³/mol. The van der Waals surface area contributed by atoms with E-state index in [9.17, 15) is 4.79 Å². The Hall–Kier alpha value is -0.860. The molecule has 13 heavy (non-hydrogen) atoms. The fourth-order valence-corrected chi connectivity index (χ4v) is 1.14. The Balaban J connectivity index is 2.16. The lowest BCUT2D eigenvalue weighted by Crippen LogP contribution is -2.18. The standard InChI is InChI=1S/C10H18N2O/c1-3-4-5-10(13)12-11-8(2)9-6-7-9/h9H,3-7H2,1-2H3,(H,12,13)/b11-8+. The fraction of sp³-hybridized carbons (Fsp3) is 0.800. The summed E-state index contributed by atoms with van der Waals surface area (Å²) < 4.78 is 0.